The molecule has 3 rings (SSSR count). The lowest BCUT2D eigenvalue weighted by Crippen LogP contribution is -2.36. The third-order valence-electron chi connectivity index (χ3n) is 4.52. The molecule has 5 nitrogen and oxygen atoms in total. The van der Waals surface area contributed by atoms with Crippen LogP contribution in [0.5, 0.6) is 0 Å². The van der Waals surface area contributed by atoms with Crippen molar-refractivity contribution in [3.63, 3.8) is 0 Å². The highest BCUT2D eigenvalue weighted by molar-refractivity contribution is 6.31. The van der Waals surface area contributed by atoms with E-state index in [0.29, 0.717) is 17.8 Å². The van der Waals surface area contributed by atoms with E-state index in [1.54, 1.807) is 12.1 Å². The molecule has 0 radical (unpaired) electrons. The Morgan fingerprint density at radius 2 is 2.07 bits per heavy atom. The van der Waals surface area contributed by atoms with Crippen LogP contribution in [0.15, 0.2) is 47.5 Å². The summed E-state index contributed by atoms with van der Waals surface area (Å²) < 4.78 is 19.0. The predicted octanol–water partition coefficient (Wildman–Crippen LogP) is 4.42. The molecular weight excluding hydrogens is 381 g/mol. The lowest BCUT2D eigenvalue weighted by Gasteiger charge is -2.14. The van der Waals surface area contributed by atoms with Gasteiger partial charge in [0, 0.05) is 17.9 Å². The number of hydrogen-bond donors (Lipinski definition) is 2. The second-order valence-corrected chi connectivity index (χ2v) is 6.99. The summed E-state index contributed by atoms with van der Waals surface area (Å²) in [5, 5.41) is 5.78. The number of guanidine groups is 1. The third kappa shape index (κ3) is 5.53. The highest BCUT2D eigenvalue weighted by Crippen LogP contribution is 2.19. The number of ether oxygens (including phenoxy) is 1. The maximum atomic E-state index is 13.4. The summed E-state index contributed by atoms with van der Waals surface area (Å²) in [7, 11) is 0. The normalized spacial score (nSPS) is 16.8. The van der Waals surface area contributed by atoms with Gasteiger partial charge in [0.05, 0.1) is 17.7 Å². The van der Waals surface area contributed by atoms with E-state index in [1.807, 2.05) is 12.1 Å². The van der Waals surface area contributed by atoms with Gasteiger partial charge in [-0.2, -0.15) is 0 Å². The van der Waals surface area contributed by atoms with Crippen molar-refractivity contribution in [1.82, 2.24) is 5.32 Å². The van der Waals surface area contributed by atoms with Crippen LogP contribution in [0.4, 0.5) is 10.1 Å². The molecule has 1 atom stereocenters. The summed E-state index contributed by atoms with van der Waals surface area (Å²) in [6.07, 6.45) is 2.88. The van der Waals surface area contributed by atoms with Gasteiger partial charge in [0.2, 0.25) is 5.96 Å². The number of carbonyl (C=O) groups excluding carboxylic acids is 1. The molecule has 2 aromatic carbocycles. The number of nitrogens with zero attached hydrogens (tertiary/aromatic N) is 1. The number of hydrogen-bond acceptors (Lipinski definition) is 3. The van der Waals surface area contributed by atoms with Crippen LogP contribution in [-0.2, 0) is 11.2 Å². The number of anilines is 1. The molecule has 7 heteroatoms. The van der Waals surface area contributed by atoms with Gasteiger partial charge in [0.25, 0.3) is 5.91 Å². The van der Waals surface area contributed by atoms with Gasteiger partial charge >= 0.3 is 0 Å². The topological polar surface area (TPSA) is 62.7 Å². The Balaban J connectivity index is 1.74. The standard InChI is InChI=1S/C21H23ClFN3O2/c1-2-14-5-7-15(8-6-14)20(27)26-21(24-13-17-4-3-11-28-17)25-16-9-10-19(23)18(22)12-16/h5-10,12,17H,2-4,11,13H2,1H3,(H2,24,25,26,27). The molecule has 1 unspecified atom stereocenters. The number of rotatable bonds is 5. The fourth-order valence-corrected chi connectivity index (χ4v) is 3.05. The molecule has 1 saturated heterocycles. The second kappa shape index (κ2) is 9.66. The van der Waals surface area contributed by atoms with Crippen LogP contribution in [0.2, 0.25) is 5.02 Å². The van der Waals surface area contributed by atoms with Crippen molar-refractivity contribution in [2.24, 2.45) is 4.99 Å². The fourth-order valence-electron chi connectivity index (χ4n) is 2.87. The zero-order valence-electron chi connectivity index (χ0n) is 15.7. The first-order valence-electron chi connectivity index (χ1n) is 9.33. The van der Waals surface area contributed by atoms with Crippen LogP contribution in [0, 0.1) is 5.82 Å². The van der Waals surface area contributed by atoms with Gasteiger partial charge in [0.1, 0.15) is 5.82 Å². The molecule has 0 bridgehead atoms. The van der Waals surface area contributed by atoms with E-state index in [-0.39, 0.29) is 23.0 Å². The molecule has 2 N–H and O–H groups in total. The van der Waals surface area contributed by atoms with Crippen LogP contribution in [-0.4, -0.2) is 31.1 Å². The summed E-state index contributed by atoms with van der Waals surface area (Å²) in [5.74, 6) is -0.526. The summed E-state index contributed by atoms with van der Waals surface area (Å²) >= 11 is 5.85. The summed E-state index contributed by atoms with van der Waals surface area (Å²) in [6, 6.07) is 11.6. The molecule has 2 aromatic rings. The minimum atomic E-state index is -0.509. The number of aliphatic imine (C=N–C) groups is 1. The first kappa shape index (κ1) is 20.3. The van der Waals surface area contributed by atoms with E-state index in [0.717, 1.165) is 31.4 Å². The lowest BCUT2D eigenvalue weighted by atomic mass is 10.1. The average molecular weight is 404 g/mol. The Kier molecular flexibility index (Phi) is 7.01. The average Bonchev–Trinajstić information content (AvgIpc) is 3.22. The van der Waals surface area contributed by atoms with Crippen molar-refractivity contribution in [3.05, 3.63) is 64.4 Å². The number of amides is 1. The van der Waals surface area contributed by atoms with E-state index in [2.05, 4.69) is 22.5 Å². The summed E-state index contributed by atoms with van der Waals surface area (Å²) in [6.45, 7) is 3.21. The Morgan fingerprint density at radius 1 is 1.29 bits per heavy atom. The van der Waals surface area contributed by atoms with E-state index >= 15 is 0 Å². The minimum absolute atomic E-state index is 0.00930. The quantitative estimate of drug-likeness (QED) is 0.573. The predicted molar refractivity (Wildman–Crippen MR) is 110 cm³/mol. The van der Waals surface area contributed by atoms with E-state index in [4.69, 9.17) is 16.3 Å². The highest BCUT2D eigenvalue weighted by atomic mass is 35.5. The molecule has 1 aliphatic rings. The number of aryl methyl sites for hydroxylation is 1. The molecular formula is C21H23ClFN3O2. The van der Waals surface area contributed by atoms with Crippen LogP contribution < -0.4 is 10.6 Å². The molecule has 0 aromatic heterocycles. The van der Waals surface area contributed by atoms with Crippen LogP contribution in [0.3, 0.4) is 0 Å². The first-order valence-corrected chi connectivity index (χ1v) is 9.71. The maximum absolute atomic E-state index is 13.4. The van der Waals surface area contributed by atoms with Gasteiger partial charge in [-0.15, -0.1) is 0 Å². The Labute approximate surface area is 169 Å². The van der Waals surface area contributed by atoms with Crippen molar-refractivity contribution < 1.29 is 13.9 Å². The second-order valence-electron chi connectivity index (χ2n) is 6.58. The van der Waals surface area contributed by atoms with Crippen LogP contribution in [0.1, 0.15) is 35.7 Å². The Hall–Kier alpha value is -2.44. The zero-order valence-corrected chi connectivity index (χ0v) is 16.4. The van der Waals surface area contributed by atoms with E-state index in [1.165, 1.54) is 18.2 Å². The molecule has 148 valence electrons. The first-order chi connectivity index (χ1) is 13.5. The van der Waals surface area contributed by atoms with Gasteiger partial charge in [0.15, 0.2) is 0 Å². The molecule has 0 aliphatic carbocycles. The molecule has 0 saturated carbocycles. The monoisotopic (exact) mass is 403 g/mol. The molecule has 0 spiro atoms. The SMILES string of the molecule is CCc1ccc(C(=O)NC(=NCC2CCCO2)Nc2ccc(F)c(Cl)c2)cc1. The molecule has 1 aliphatic heterocycles. The van der Waals surface area contributed by atoms with Gasteiger partial charge in [-0.1, -0.05) is 30.7 Å². The molecule has 28 heavy (non-hydrogen) atoms. The summed E-state index contributed by atoms with van der Waals surface area (Å²) in [5.41, 5.74) is 2.21. The Bertz CT molecular complexity index is 849. The van der Waals surface area contributed by atoms with Crippen molar-refractivity contribution in [3.8, 4) is 0 Å². The van der Waals surface area contributed by atoms with Crippen molar-refractivity contribution in [2.75, 3.05) is 18.5 Å². The van der Waals surface area contributed by atoms with Crippen LogP contribution >= 0.6 is 11.6 Å². The fraction of sp³-hybridized carbons (Fsp3) is 0.333. The van der Waals surface area contributed by atoms with E-state index in [9.17, 15) is 9.18 Å². The third-order valence-corrected chi connectivity index (χ3v) is 4.81. The van der Waals surface area contributed by atoms with Crippen molar-refractivity contribution >= 4 is 29.2 Å². The smallest absolute Gasteiger partial charge is 0.257 e. The number of halogens is 2. The van der Waals surface area contributed by atoms with Gasteiger partial charge in [-0.3, -0.25) is 10.1 Å². The molecule has 1 amide bonds. The van der Waals surface area contributed by atoms with Gasteiger partial charge in [-0.05, 0) is 55.2 Å². The molecule has 1 heterocycles. The largest absolute Gasteiger partial charge is 0.376 e. The Morgan fingerprint density at radius 3 is 2.71 bits per heavy atom. The van der Waals surface area contributed by atoms with Gasteiger partial charge in [-0.25, -0.2) is 9.38 Å². The van der Waals surface area contributed by atoms with E-state index < -0.39 is 5.82 Å². The van der Waals surface area contributed by atoms with Crippen LogP contribution in [0.25, 0.3) is 0 Å². The number of benzene rings is 2. The summed E-state index contributed by atoms with van der Waals surface area (Å²) in [4.78, 5) is 17.1. The van der Waals surface area contributed by atoms with Crippen molar-refractivity contribution in [2.45, 2.75) is 32.3 Å². The van der Waals surface area contributed by atoms with Gasteiger partial charge < -0.3 is 10.1 Å². The number of carbonyl (C=O) groups is 1. The zero-order chi connectivity index (χ0) is 19.9. The number of nitrogens with one attached hydrogen (secondary N) is 2. The maximum Gasteiger partial charge on any atom is 0.257 e. The van der Waals surface area contributed by atoms with Crippen molar-refractivity contribution in [1.29, 1.82) is 0 Å². The minimum Gasteiger partial charge on any atom is -0.376 e. The highest BCUT2D eigenvalue weighted by Gasteiger charge is 2.16. The molecule has 1 fully saturated rings. The lowest BCUT2D eigenvalue weighted by molar-refractivity contribution is 0.0975.